The fourth-order valence-corrected chi connectivity index (χ4v) is 6.81. The fraction of sp³-hybridized carbons (Fsp3) is 0.234. The topological polar surface area (TPSA) is 192 Å². The minimum absolute atomic E-state index is 0.0837. The molecule has 0 radical (unpaired) electrons. The molecular formula is C47H38Cl3NO14. The smallest absolute Gasteiger partial charge is 0.338 e. The Morgan fingerprint density at radius 1 is 0.431 bits per heavy atom. The second-order valence-electron chi connectivity index (χ2n) is 14.3. The van der Waals surface area contributed by atoms with Crippen molar-refractivity contribution in [2.24, 2.45) is 0 Å². The van der Waals surface area contributed by atoms with Gasteiger partial charge in [-0.25, -0.2) is 24.0 Å². The molecule has 336 valence electrons. The van der Waals surface area contributed by atoms with E-state index in [0.717, 1.165) is 0 Å². The third-order valence-electron chi connectivity index (χ3n) is 9.85. The van der Waals surface area contributed by atoms with Crippen molar-refractivity contribution in [1.29, 1.82) is 5.41 Å². The third-order valence-corrected chi connectivity index (χ3v) is 10.4. The number of rotatable bonds is 15. The summed E-state index contributed by atoms with van der Waals surface area (Å²) in [6, 6.07) is 39.6. The minimum Gasteiger partial charge on any atom is -0.459 e. The van der Waals surface area contributed by atoms with Crippen LogP contribution in [0.4, 0.5) is 0 Å². The molecule has 2 saturated heterocycles. The molecule has 15 nitrogen and oxygen atoms in total. The highest BCUT2D eigenvalue weighted by Gasteiger charge is 2.57. The molecule has 0 bridgehead atoms. The first-order chi connectivity index (χ1) is 31.4. The largest absolute Gasteiger partial charge is 0.459 e. The van der Waals surface area contributed by atoms with Crippen LogP contribution < -0.4 is 0 Å². The van der Waals surface area contributed by atoms with Crippen LogP contribution >= 0.6 is 34.8 Å². The number of alkyl halides is 3. The quantitative estimate of drug-likeness (QED) is 0.0355. The minimum atomic E-state index is -2.42. The molecule has 18 heteroatoms. The third kappa shape index (κ3) is 12.1. The molecule has 8 atom stereocenters. The Morgan fingerprint density at radius 3 is 1.11 bits per heavy atom. The Morgan fingerprint density at radius 2 is 0.738 bits per heavy atom. The van der Waals surface area contributed by atoms with E-state index >= 15 is 0 Å². The van der Waals surface area contributed by atoms with Crippen molar-refractivity contribution in [3.8, 4) is 0 Å². The van der Waals surface area contributed by atoms with E-state index < -0.39 is 102 Å². The van der Waals surface area contributed by atoms with E-state index in [1.807, 2.05) is 0 Å². The molecule has 2 heterocycles. The molecule has 0 aromatic heterocycles. The van der Waals surface area contributed by atoms with E-state index in [4.69, 9.17) is 82.8 Å². The Labute approximate surface area is 386 Å². The van der Waals surface area contributed by atoms with Gasteiger partial charge in [0.1, 0.15) is 31.5 Å². The summed E-state index contributed by atoms with van der Waals surface area (Å²) >= 11 is 18.0. The zero-order valence-corrected chi connectivity index (χ0v) is 36.1. The zero-order valence-electron chi connectivity index (χ0n) is 33.8. The molecule has 2 aliphatic heterocycles. The van der Waals surface area contributed by atoms with Gasteiger partial charge in [-0.3, -0.25) is 5.41 Å². The summed E-state index contributed by atoms with van der Waals surface area (Å²) in [5, 5.41) is 8.37. The van der Waals surface area contributed by atoms with E-state index in [1.54, 1.807) is 91.0 Å². The number of nitrogens with one attached hydrogen (secondary N) is 1. The molecular weight excluding hydrogens is 909 g/mol. The summed E-state index contributed by atoms with van der Waals surface area (Å²) in [5.41, 5.74) is 0.693. The van der Waals surface area contributed by atoms with Crippen LogP contribution in [-0.4, -0.2) is 102 Å². The van der Waals surface area contributed by atoms with Crippen molar-refractivity contribution in [1.82, 2.24) is 0 Å². The van der Waals surface area contributed by atoms with Crippen molar-refractivity contribution < 1.29 is 66.6 Å². The molecule has 2 fully saturated rings. The van der Waals surface area contributed by atoms with E-state index in [-0.39, 0.29) is 27.8 Å². The molecule has 0 aliphatic carbocycles. The summed E-state index contributed by atoms with van der Waals surface area (Å²) in [4.78, 5) is 67.8. The van der Waals surface area contributed by atoms with Crippen molar-refractivity contribution in [3.63, 3.8) is 0 Å². The van der Waals surface area contributed by atoms with Crippen molar-refractivity contribution in [2.45, 2.75) is 53.0 Å². The molecule has 5 aromatic carbocycles. The van der Waals surface area contributed by atoms with Gasteiger partial charge < -0.3 is 42.6 Å². The fourth-order valence-electron chi connectivity index (χ4n) is 6.68. The van der Waals surface area contributed by atoms with Crippen molar-refractivity contribution in [2.75, 3.05) is 13.2 Å². The second-order valence-corrected chi connectivity index (χ2v) is 16.5. The average Bonchev–Trinajstić information content (AvgIpc) is 3.82. The summed E-state index contributed by atoms with van der Waals surface area (Å²) in [7, 11) is 0. The van der Waals surface area contributed by atoms with Crippen LogP contribution in [0.15, 0.2) is 152 Å². The molecule has 1 N–H and O–H groups in total. The van der Waals surface area contributed by atoms with Crippen LogP contribution in [-0.2, 0) is 42.6 Å². The maximum Gasteiger partial charge on any atom is 0.338 e. The number of ether oxygens (including phenoxy) is 9. The lowest BCUT2D eigenvalue weighted by Gasteiger charge is -2.29. The molecule has 0 spiro atoms. The Bertz CT molecular complexity index is 2430. The van der Waals surface area contributed by atoms with E-state index in [1.165, 1.54) is 60.7 Å². The summed E-state index contributed by atoms with van der Waals surface area (Å²) in [6.07, 6.45) is -12.7. The van der Waals surface area contributed by atoms with Gasteiger partial charge in [-0.1, -0.05) is 126 Å². The summed E-state index contributed by atoms with van der Waals surface area (Å²) < 4.78 is 51.6. The van der Waals surface area contributed by atoms with E-state index in [9.17, 15) is 24.0 Å². The molecule has 65 heavy (non-hydrogen) atoms. The lowest BCUT2D eigenvalue weighted by Crippen LogP contribution is -2.47. The predicted octanol–water partition coefficient (Wildman–Crippen LogP) is 7.58. The van der Waals surface area contributed by atoms with Gasteiger partial charge in [-0.05, 0) is 60.7 Å². The van der Waals surface area contributed by atoms with Gasteiger partial charge in [0.25, 0.3) is 3.79 Å². The van der Waals surface area contributed by atoms with Gasteiger partial charge in [0.15, 0.2) is 24.6 Å². The molecule has 0 unspecified atom stereocenters. The van der Waals surface area contributed by atoms with Crippen molar-refractivity contribution in [3.05, 3.63) is 179 Å². The van der Waals surface area contributed by atoms with Gasteiger partial charge in [0, 0.05) is 0 Å². The zero-order chi connectivity index (χ0) is 45.9. The number of esters is 5. The van der Waals surface area contributed by atoms with Gasteiger partial charge in [-0.15, -0.1) is 0 Å². The standard InChI is InChI=1S/C47H38Cl3NO14/c48-47(49,50)46(51)65-45-38(63-43(56)32-24-14-5-15-25-32)36(34(60-45)27-58-40(53)29-18-8-2-9-19-29)64-44-37(62-42(55)31-22-12-4-13-23-31)35(61-41(54)30-20-10-3-11-21-30)33(59-44)26-57-39(52)28-16-6-1-7-17-28/h1-25,33-38,44-45,51H,26-27H2/t33-,34-,35-,36-,37+,38+,44-,45-/m0/s1. The number of hydrogen-bond acceptors (Lipinski definition) is 15. The maximum atomic E-state index is 13.9. The number of hydrogen-bond donors (Lipinski definition) is 1. The normalized spacial score (nSPS) is 22.5. The second kappa shape index (κ2) is 21.6. The first kappa shape index (κ1) is 46.7. The van der Waals surface area contributed by atoms with Crippen LogP contribution in [0, 0.1) is 5.41 Å². The van der Waals surface area contributed by atoms with Crippen LogP contribution in [0.5, 0.6) is 0 Å². The Kier molecular flexibility index (Phi) is 15.5. The predicted molar refractivity (Wildman–Crippen MR) is 232 cm³/mol. The van der Waals surface area contributed by atoms with Crippen LogP contribution in [0.2, 0.25) is 0 Å². The van der Waals surface area contributed by atoms with E-state index in [2.05, 4.69) is 0 Å². The highest BCUT2D eigenvalue weighted by molar-refractivity contribution is 6.76. The van der Waals surface area contributed by atoms with Crippen LogP contribution in [0.1, 0.15) is 51.8 Å². The van der Waals surface area contributed by atoms with Gasteiger partial charge >= 0.3 is 29.8 Å². The molecule has 0 amide bonds. The van der Waals surface area contributed by atoms with Crippen molar-refractivity contribution >= 4 is 70.5 Å². The lowest BCUT2D eigenvalue weighted by atomic mass is 10.1. The monoisotopic (exact) mass is 945 g/mol. The molecule has 0 saturated carbocycles. The molecule has 5 aromatic rings. The Balaban J connectivity index is 1.27. The number of carbonyl (C=O) groups is 5. The highest BCUT2D eigenvalue weighted by atomic mass is 35.6. The van der Waals surface area contributed by atoms with Crippen LogP contribution in [0.25, 0.3) is 0 Å². The first-order valence-corrected chi connectivity index (χ1v) is 21.0. The van der Waals surface area contributed by atoms with E-state index in [0.29, 0.717) is 0 Å². The number of halogens is 3. The molecule has 7 rings (SSSR count). The number of benzene rings is 5. The molecule has 2 aliphatic rings. The number of carbonyl (C=O) groups excluding carboxylic acids is 5. The Hall–Kier alpha value is -6.33. The average molecular weight is 947 g/mol. The van der Waals surface area contributed by atoms with Crippen LogP contribution in [0.3, 0.4) is 0 Å². The van der Waals surface area contributed by atoms with Gasteiger partial charge in [0.05, 0.1) is 27.8 Å². The lowest BCUT2D eigenvalue weighted by molar-refractivity contribution is -0.215. The first-order valence-electron chi connectivity index (χ1n) is 19.9. The summed E-state index contributed by atoms with van der Waals surface area (Å²) in [5.74, 6) is -5.13. The van der Waals surface area contributed by atoms with Gasteiger partial charge in [0.2, 0.25) is 12.2 Å². The summed E-state index contributed by atoms with van der Waals surface area (Å²) in [6.45, 7) is -1.15. The highest BCUT2D eigenvalue weighted by Crippen LogP contribution is 2.37. The maximum absolute atomic E-state index is 13.9. The van der Waals surface area contributed by atoms with Gasteiger partial charge in [-0.2, -0.15) is 0 Å². The SMILES string of the molecule is N=C(O[C@@H]1O[C@@H](COC(=O)c2ccccc2)[C@H](O[C@@H]2O[C@@H](COC(=O)c3ccccc3)[C@H](OC(=O)c3ccccc3)[C@H]2OC(=O)c2ccccc2)[C@H]1OC(=O)c1ccccc1)C(Cl)(Cl)Cl.